The topological polar surface area (TPSA) is 101 Å². The molecule has 1 unspecified atom stereocenters. The molecule has 2 N–H and O–H groups in total. The summed E-state index contributed by atoms with van der Waals surface area (Å²) in [5.74, 6) is -1.52. The van der Waals surface area contributed by atoms with Gasteiger partial charge >= 0.3 is 5.97 Å². The molecule has 0 radical (unpaired) electrons. The van der Waals surface area contributed by atoms with Gasteiger partial charge in [-0.3, -0.25) is 10.1 Å². The first-order valence-corrected chi connectivity index (χ1v) is 4.16. The number of aliphatic hydroxyl groups excluding tert-OH is 1. The van der Waals surface area contributed by atoms with Gasteiger partial charge in [-0.15, -0.1) is 0 Å². The fourth-order valence-electron chi connectivity index (χ4n) is 0.987. The van der Waals surface area contributed by atoms with E-state index in [0.717, 1.165) is 12.1 Å². The molecule has 1 rings (SSSR count). The first-order valence-electron chi connectivity index (χ1n) is 3.78. The molecule has 1 aromatic carbocycles. The lowest BCUT2D eigenvalue weighted by molar-refractivity contribution is -0.385. The van der Waals surface area contributed by atoms with E-state index in [1.165, 1.54) is 6.07 Å². The van der Waals surface area contributed by atoms with Crippen molar-refractivity contribution in [1.29, 1.82) is 0 Å². The molecule has 0 fully saturated rings. The highest BCUT2D eigenvalue weighted by Crippen LogP contribution is 2.27. The zero-order valence-corrected chi connectivity index (χ0v) is 8.01. The molecule has 0 aliphatic rings. The highest BCUT2D eigenvalue weighted by molar-refractivity contribution is 6.31. The molecule has 15 heavy (non-hydrogen) atoms. The van der Waals surface area contributed by atoms with E-state index in [0.29, 0.717) is 0 Å². The molecule has 0 saturated carbocycles. The maximum atomic E-state index is 10.5. The minimum absolute atomic E-state index is 0.0319. The molecule has 0 amide bonds. The van der Waals surface area contributed by atoms with Crippen molar-refractivity contribution in [2.75, 3.05) is 0 Å². The molecule has 0 bridgehead atoms. The van der Waals surface area contributed by atoms with Crippen molar-refractivity contribution < 1.29 is 19.9 Å². The number of nitro groups is 1. The summed E-state index contributed by atoms with van der Waals surface area (Å²) in [5, 5.41) is 28.0. The number of nitrogens with zero attached hydrogens (tertiary/aromatic N) is 1. The van der Waals surface area contributed by atoms with Crippen molar-refractivity contribution in [3.8, 4) is 0 Å². The largest absolute Gasteiger partial charge is 0.479 e. The highest BCUT2D eigenvalue weighted by Gasteiger charge is 2.21. The lowest BCUT2D eigenvalue weighted by atomic mass is 10.1. The second kappa shape index (κ2) is 4.24. The van der Waals surface area contributed by atoms with E-state index >= 15 is 0 Å². The molecule has 0 saturated heterocycles. The number of non-ortho nitro benzene ring substituents is 1. The lowest BCUT2D eigenvalue weighted by Gasteiger charge is -2.07. The molecule has 1 aromatic rings. The Labute approximate surface area is 88.9 Å². The fraction of sp³-hybridized carbons (Fsp3) is 0.125. The highest BCUT2D eigenvalue weighted by atomic mass is 35.5. The zero-order chi connectivity index (χ0) is 11.6. The number of hydrogen-bond acceptors (Lipinski definition) is 4. The van der Waals surface area contributed by atoms with Crippen LogP contribution in [-0.2, 0) is 4.79 Å². The number of aliphatic carboxylic acids is 1. The zero-order valence-electron chi connectivity index (χ0n) is 7.25. The van der Waals surface area contributed by atoms with Crippen LogP contribution in [0.25, 0.3) is 0 Å². The van der Waals surface area contributed by atoms with E-state index in [-0.39, 0.29) is 16.3 Å². The minimum atomic E-state index is -1.86. The maximum Gasteiger partial charge on any atom is 0.337 e. The van der Waals surface area contributed by atoms with Crippen LogP contribution in [0.2, 0.25) is 5.02 Å². The number of halogens is 1. The third kappa shape index (κ3) is 2.42. The third-order valence-corrected chi connectivity index (χ3v) is 2.06. The molecule has 7 heteroatoms. The van der Waals surface area contributed by atoms with Crippen LogP contribution in [0.3, 0.4) is 0 Å². The van der Waals surface area contributed by atoms with Crippen LogP contribution in [0.4, 0.5) is 5.69 Å². The second-order valence-electron chi connectivity index (χ2n) is 2.70. The van der Waals surface area contributed by atoms with Crippen molar-refractivity contribution >= 4 is 23.3 Å². The van der Waals surface area contributed by atoms with E-state index in [1.54, 1.807) is 0 Å². The van der Waals surface area contributed by atoms with Gasteiger partial charge in [0, 0.05) is 22.7 Å². The number of benzene rings is 1. The number of carboxylic acids is 1. The standard InChI is InChI=1S/C8H6ClNO5/c9-6-2-1-4(10(14)15)3-5(6)7(11)8(12)13/h1-3,7,11H,(H,12,13). The maximum absolute atomic E-state index is 10.5. The Morgan fingerprint density at radius 3 is 2.60 bits per heavy atom. The first-order chi connectivity index (χ1) is 6.93. The number of aliphatic hydroxyl groups is 1. The van der Waals surface area contributed by atoms with Crippen molar-refractivity contribution in [3.63, 3.8) is 0 Å². The average Bonchev–Trinajstić information content (AvgIpc) is 2.16. The molecule has 1 atom stereocenters. The van der Waals surface area contributed by atoms with E-state index in [1.807, 2.05) is 0 Å². The molecule has 0 spiro atoms. The van der Waals surface area contributed by atoms with E-state index < -0.39 is 17.0 Å². The minimum Gasteiger partial charge on any atom is -0.479 e. The van der Waals surface area contributed by atoms with Crippen LogP contribution in [0.15, 0.2) is 18.2 Å². The Hall–Kier alpha value is -1.66. The van der Waals surface area contributed by atoms with Crippen molar-refractivity contribution in [1.82, 2.24) is 0 Å². The smallest absolute Gasteiger partial charge is 0.337 e. The van der Waals surface area contributed by atoms with Gasteiger partial charge in [-0.05, 0) is 6.07 Å². The van der Waals surface area contributed by atoms with E-state index in [4.69, 9.17) is 16.7 Å². The molecule has 80 valence electrons. The van der Waals surface area contributed by atoms with Crippen LogP contribution in [0.1, 0.15) is 11.7 Å². The van der Waals surface area contributed by atoms with Gasteiger partial charge in [-0.25, -0.2) is 4.79 Å². The van der Waals surface area contributed by atoms with Gasteiger partial charge in [-0.2, -0.15) is 0 Å². The predicted molar refractivity (Wildman–Crippen MR) is 50.7 cm³/mol. The van der Waals surface area contributed by atoms with Gasteiger partial charge in [0.2, 0.25) is 0 Å². The number of nitro benzene ring substituents is 1. The summed E-state index contributed by atoms with van der Waals surface area (Å²) in [6, 6.07) is 3.22. The monoisotopic (exact) mass is 231 g/mol. The van der Waals surface area contributed by atoms with Crippen molar-refractivity contribution in [2.45, 2.75) is 6.10 Å². The van der Waals surface area contributed by atoms with Crippen LogP contribution >= 0.6 is 11.6 Å². The Balaban J connectivity index is 3.22. The average molecular weight is 232 g/mol. The van der Waals surface area contributed by atoms with Gasteiger partial charge in [0.25, 0.3) is 5.69 Å². The summed E-state index contributed by atoms with van der Waals surface area (Å²) in [4.78, 5) is 20.1. The summed E-state index contributed by atoms with van der Waals surface area (Å²) < 4.78 is 0. The Bertz CT molecular complexity index is 419. The van der Waals surface area contributed by atoms with E-state index in [2.05, 4.69) is 0 Å². The van der Waals surface area contributed by atoms with Crippen LogP contribution in [-0.4, -0.2) is 21.1 Å². The van der Waals surface area contributed by atoms with Gasteiger partial charge in [0.15, 0.2) is 6.10 Å². The number of carboxylic acid groups (broad SMARTS) is 1. The van der Waals surface area contributed by atoms with E-state index in [9.17, 15) is 20.0 Å². The summed E-state index contributed by atoms with van der Waals surface area (Å²) in [6.07, 6.45) is -1.86. The summed E-state index contributed by atoms with van der Waals surface area (Å²) in [6.45, 7) is 0. The molecule has 0 aromatic heterocycles. The summed E-state index contributed by atoms with van der Waals surface area (Å²) >= 11 is 5.59. The quantitative estimate of drug-likeness (QED) is 0.604. The Kier molecular flexibility index (Phi) is 3.23. The first kappa shape index (κ1) is 11.4. The van der Waals surface area contributed by atoms with Crippen molar-refractivity contribution in [3.05, 3.63) is 38.9 Å². The summed E-state index contributed by atoms with van der Waals surface area (Å²) in [7, 11) is 0. The summed E-state index contributed by atoms with van der Waals surface area (Å²) in [5.41, 5.74) is -0.520. The van der Waals surface area contributed by atoms with Gasteiger partial charge in [0.1, 0.15) is 0 Å². The van der Waals surface area contributed by atoms with Crippen LogP contribution in [0.5, 0.6) is 0 Å². The fourth-order valence-corrected chi connectivity index (χ4v) is 1.21. The molecule has 6 nitrogen and oxygen atoms in total. The molecular formula is C8H6ClNO5. The Morgan fingerprint density at radius 1 is 1.53 bits per heavy atom. The van der Waals surface area contributed by atoms with Gasteiger partial charge in [0.05, 0.1) is 4.92 Å². The Morgan fingerprint density at radius 2 is 2.13 bits per heavy atom. The number of carbonyl (C=O) groups is 1. The number of rotatable bonds is 3. The second-order valence-corrected chi connectivity index (χ2v) is 3.11. The molecular weight excluding hydrogens is 226 g/mol. The van der Waals surface area contributed by atoms with Gasteiger partial charge in [-0.1, -0.05) is 11.6 Å². The number of hydrogen-bond donors (Lipinski definition) is 2. The predicted octanol–water partition coefficient (Wildman–Crippen LogP) is 1.37. The molecule has 0 aliphatic heterocycles. The third-order valence-electron chi connectivity index (χ3n) is 1.72. The lowest BCUT2D eigenvalue weighted by Crippen LogP contribution is -2.11. The molecule has 0 heterocycles. The van der Waals surface area contributed by atoms with Crippen LogP contribution in [0, 0.1) is 10.1 Å². The SMILES string of the molecule is O=C(O)C(O)c1cc([N+](=O)[O-])ccc1Cl. The van der Waals surface area contributed by atoms with Crippen molar-refractivity contribution in [2.24, 2.45) is 0 Å². The van der Waals surface area contributed by atoms with Gasteiger partial charge < -0.3 is 10.2 Å². The normalized spacial score (nSPS) is 12.1. The van der Waals surface area contributed by atoms with Crippen LogP contribution < -0.4 is 0 Å². The molecule has 0 aliphatic carbocycles.